The fraction of sp³-hybridized carbons (Fsp3) is 0.692. The molecule has 1 aromatic heterocycles. The van der Waals surface area contributed by atoms with Gasteiger partial charge >= 0.3 is 5.69 Å². The van der Waals surface area contributed by atoms with Gasteiger partial charge in [0.05, 0.1) is 18.8 Å². The van der Waals surface area contributed by atoms with Crippen LogP contribution in [-0.4, -0.2) is 35.0 Å². The van der Waals surface area contributed by atoms with Crippen LogP contribution in [0.4, 0.5) is 0 Å². The maximum absolute atomic E-state index is 12.4. The van der Waals surface area contributed by atoms with Crippen LogP contribution in [0.5, 0.6) is 0 Å². The summed E-state index contributed by atoms with van der Waals surface area (Å²) in [6.07, 6.45) is 0.851. The van der Waals surface area contributed by atoms with Crippen LogP contribution in [0.2, 0.25) is 0 Å². The average Bonchev–Trinajstić information content (AvgIpc) is 2.87. The first-order valence-electron chi connectivity index (χ1n) is 7.04. The van der Waals surface area contributed by atoms with Crippen molar-refractivity contribution < 1.29 is 9.47 Å². The molecule has 0 aliphatic carbocycles. The van der Waals surface area contributed by atoms with Gasteiger partial charge in [0.2, 0.25) is 0 Å². The summed E-state index contributed by atoms with van der Waals surface area (Å²) in [5, 5.41) is 3.70. The average molecular weight is 309 g/mol. The van der Waals surface area contributed by atoms with E-state index in [-0.39, 0.29) is 18.7 Å². The van der Waals surface area contributed by atoms with E-state index in [4.69, 9.17) is 15.0 Å². The molecule has 0 spiro atoms. The van der Waals surface area contributed by atoms with E-state index in [1.807, 2.05) is 0 Å². The Morgan fingerprint density at radius 1 is 1.55 bits per heavy atom. The van der Waals surface area contributed by atoms with E-state index in [1.54, 1.807) is 13.8 Å². The Balaban J connectivity index is 2.41. The van der Waals surface area contributed by atoms with Crippen LogP contribution >= 0.6 is 0 Å². The van der Waals surface area contributed by atoms with Crippen molar-refractivity contribution in [1.82, 2.24) is 9.13 Å². The van der Waals surface area contributed by atoms with E-state index in [0.717, 1.165) is 4.57 Å². The monoisotopic (exact) mass is 309 g/mol. The Labute approximate surface area is 126 Å². The van der Waals surface area contributed by atoms with Crippen molar-refractivity contribution in [2.45, 2.75) is 45.2 Å². The zero-order valence-electron chi connectivity index (χ0n) is 12.8. The molecular formula is C13H19N5O4. The van der Waals surface area contributed by atoms with Crippen LogP contribution in [-0.2, 0) is 16.0 Å². The highest BCUT2D eigenvalue weighted by atomic mass is 16.5. The smallest absolute Gasteiger partial charge is 0.333 e. The molecular weight excluding hydrogens is 290 g/mol. The molecule has 1 aliphatic heterocycles. The summed E-state index contributed by atoms with van der Waals surface area (Å²) < 4.78 is 13.4. The fourth-order valence-electron chi connectivity index (χ4n) is 2.63. The van der Waals surface area contributed by atoms with Gasteiger partial charge in [-0.2, -0.15) is 0 Å². The molecule has 1 aliphatic rings. The molecule has 9 nitrogen and oxygen atoms in total. The van der Waals surface area contributed by atoms with Gasteiger partial charge in [-0.15, -0.1) is 0 Å². The van der Waals surface area contributed by atoms with Crippen LogP contribution < -0.4 is 11.2 Å². The first kappa shape index (κ1) is 16.3. The van der Waals surface area contributed by atoms with Crippen LogP contribution in [0.15, 0.2) is 20.9 Å². The first-order chi connectivity index (χ1) is 10.5. The van der Waals surface area contributed by atoms with Gasteiger partial charge < -0.3 is 9.47 Å². The second-order valence-corrected chi connectivity index (χ2v) is 5.14. The number of azide groups is 1. The first-order valence-corrected chi connectivity index (χ1v) is 7.04. The normalized spacial score (nSPS) is 24.2. The molecule has 2 heterocycles. The predicted molar refractivity (Wildman–Crippen MR) is 78.7 cm³/mol. The molecule has 1 saturated heterocycles. The Kier molecular flexibility index (Phi) is 5.02. The van der Waals surface area contributed by atoms with Crippen molar-refractivity contribution in [1.29, 1.82) is 0 Å². The Morgan fingerprint density at radius 2 is 2.27 bits per heavy atom. The summed E-state index contributed by atoms with van der Waals surface area (Å²) in [4.78, 5) is 27.2. The topological polar surface area (TPSA) is 111 Å². The lowest BCUT2D eigenvalue weighted by atomic mass is 10.1. The summed E-state index contributed by atoms with van der Waals surface area (Å²) in [7, 11) is 1.53. The lowest BCUT2D eigenvalue weighted by Gasteiger charge is -2.17. The Hall–Kier alpha value is -2.09. The Bertz CT molecular complexity index is 703. The number of ether oxygens (including phenoxy) is 2. The zero-order chi connectivity index (χ0) is 16.3. The molecule has 0 saturated carbocycles. The number of methoxy groups -OCH3 is 1. The van der Waals surface area contributed by atoms with Crippen molar-refractivity contribution in [2.75, 3.05) is 13.7 Å². The van der Waals surface area contributed by atoms with Gasteiger partial charge in [-0.3, -0.25) is 13.9 Å². The van der Waals surface area contributed by atoms with Crippen LogP contribution in [0.25, 0.3) is 10.4 Å². The van der Waals surface area contributed by atoms with Crippen LogP contribution in [0.1, 0.15) is 25.1 Å². The molecule has 9 heteroatoms. The highest BCUT2D eigenvalue weighted by molar-refractivity contribution is 5.04. The minimum atomic E-state index is -0.583. The largest absolute Gasteiger partial charge is 0.382 e. The third kappa shape index (κ3) is 2.92. The highest BCUT2D eigenvalue weighted by Crippen LogP contribution is 2.30. The van der Waals surface area contributed by atoms with Crippen molar-refractivity contribution in [3.05, 3.63) is 43.0 Å². The van der Waals surface area contributed by atoms with E-state index >= 15 is 0 Å². The summed E-state index contributed by atoms with van der Waals surface area (Å²) in [6, 6.07) is -0.413. The van der Waals surface area contributed by atoms with Crippen molar-refractivity contribution in [3.8, 4) is 0 Å². The van der Waals surface area contributed by atoms with Gasteiger partial charge in [-0.1, -0.05) is 5.11 Å². The fourth-order valence-corrected chi connectivity index (χ4v) is 2.63. The van der Waals surface area contributed by atoms with E-state index in [1.165, 1.54) is 17.9 Å². The van der Waals surface area contributed by atoms with Crippen molar-refractivity contribution in [3.63, 3.8) is 0 Å². The van der Waals surface area contributed by atoms with Gasteiger partial charge in [-0.25, -0.2) is 4.79 Å². The quantitative estimate of drug-likeness (QED) is 0.458. The molecule has 3 unspecified atom stereocenters. The SMILES string of the molecule is CCn1c(=O)c(C)cn(C2CC(N=[N+]=[N-])C(COC)O2)c1=O. The Morgan fingerprint density at radius 3 is 2.86 bits per heavy atom. The van der Waals surface area contributed by atoms with Gasteiger partial charge in [0, 0.05) is 36.7 Å². The van der Waals surface area contributed by atoms with E-state index in [9.17, 15) is 9.59 Å². The van der Waals surface area contributed by atoms with Crippen molar-refractivity contribution >= 4 is 0 Å². The molecule has 2 rings (SSSR count). The lowest BCUT2D eigenvalue weighted by Crippen LogP contribution is -2.41. The molecule has 0 bridgehead atoms. The molecule has 120 valence electrons. The van der Waals surface area contributed by atoms with Gasteiger partial charge in [0.15, 0.2) is 0 Å². The third-order valence-corrected chi connectivity index (χ3v) is 3.73. The summed E-state index contributed by atoms with van der Waals surface area (Å²) in [5.74, 6) is 0. The van der Waals surface area contributed by atoms with Crippen molar-refractivity contribution in [2.24, 2.45) is 5.11 Å². The highest BCUT2D eigenvalue weighted by Gasteiger charge is 2.36. The minimum absolute atomic E-state index is 0.265. The minimum Gasteiger partial charge on any atom is -0.382 e. The molecule has 0 radical (unpaired) electrons. The standard InChI is InChI=1S/C13H19N5O4/c1-4-17-12(19)8(2)6-18(13(17)20)11-5-9(15-16-14)10(22-11)7-21-3/h6,9-11H,4-5,7H2,1-3H3. The molecule has 1 fully saturated rings. The van der Waals surface area contributed by atoms with Crippen LogP contribution in [0.3, 0.4) is 0 Å². The maximum atomic E-state index is 12.4. The number of hydrogen-bond donors (Lipinski definition) is 0. The number of aromatic nitrogens is 2. The van der Waals surface area contributed by atoms with Gasteiger partial charge in [-0.05, 0) is 19.4 Å². The van der Waals surface area contributed by atoms with Gasteiger partial charge in [0.25, 0.3) is 5.56 Å². The summed E-state index contributed by atoms with van der Waals surface area (Å²) in [5.41, 5.74) is 8.36. The van der Waals surface area contributed by atoms with E-state index < -0.39 is 24.1 Å². The molecule has 0 N–H and O–H groups in total. The van der Waals surface area contributed by atoms with Gasteiger partial charge in [0.1, 0.15) is 6.23 Å². The number of nitrogens with zero attached hydrogens (tertiary/aromatic N) is 5. The molecule has 0 aromatic carbocycles. The van der Waals surface area contributed by atoms with E-state index in [2.05, 4.69) is 10.0 Å². The zero-order valence-corrected chi connectivity index (χ0v) is 12.8. The molecule has 1 aromatic rings. The second-order valence-electron chi connectivity index (χ2n) is 5.14. The molecule has 0 amide bonds. The predicted octanol–water partition coefficient (Wildman–Crippen LogP) is 0.951. The van der Waals surface area contributed by atoms with E-state index in [0.29, 0.717) is 12.0 Å². The number of hydrogen-bond acceptors (Lipinski definition) is 5. The summed E-state index contributed by atoms with van der Waals surface area (Å²) in [6.45, 7) is 3.93. The second kappa shape index (κ2) is 6.78. The lowest BCUT2D eigenvalue weighted by molar-refractivity contribution is -0.0366. The van der Waals surface area contributed by atoms with Crippen LogP contribution in [0, 0.1) is 6.92 Å². The molecule has 22 heavy (non-hydrogen) atoms. The molecule has 3 atom stereocenters. The maximum Gasteiger partial charge on any atom is 0.333 e. The number of aryl methyl sites for hydroxylation is 1. The summed E-state index contributed by atoms with van der Waals surface area (Å²) >= 11 is 0. The third-order valence-electron chi connectivity index (χ3n) is 3.73. The number of rotatable bonds is 5.